The SMILES string of the molecule is CCC(CC)N(C)Cc1ccc(N)cn1. The molecular weight excluding hydrogens is 186 g/mol. The number of pyridine rings is 1. The first-order valence-electron chi connectivity index (χ1n) is 5.58. The maximum absolute atomic E-state index is 5.59. The third-order valence-electron chi connectivity index (χ3n) is 2.82. The summed E-state index contributed by atoms with van der Waals surface area (Å²) in [4.78, 5) is 6.65. The second-order valence-electron chi connectivity index (χ2n) is 3.97. The summed E-state index contributed by atoms with van der Waals surface area (Å²) >= 11 is 0. The summed E-state index contributed by atoms with van der Waals surface area (Å²) < 4.78 is 0. The zero-order valence-corrected chi connectivity index (χ0v) is 9.90. The lowest BCUT2D eigenvalue weighted by molar-refractivity contribution is 0.219. The van der Waals surface area contributed by atoms with Crippen molar-refractivity contribution in [2.75, 3.05) is 12.8 Å². The molecule has 0 bridgehead atoms. The number of nitrogen functional groups attached to an aromatic ring is 1. The van der Waals surface area contributed by atoms with Crippen molar-refractivity contribution in [1.29, 1.82) is 0 Å². The number of anilines is 1. The molecule has 0 aliphatic heterocycles. The van der Waals surface area contributed by atoms with Crippen molar-refractivity contribution >= 4 is 5.69 Å². The van der Waals surface area contributed by atoms with Crippen molar-refractivity contribution in [2.45, 2.75) is 39.3 Å². The molecule has 0 atom stereocenters. The Balaban J connectivity index is 2.57. The van der Waals surface area contributed by atoms with Gasteiger partial charge in [-0.3, -0.25) is 9.88 Å². The maximum atomic E-state index is 5.59. The first-order chi connectivity index (χ1) is 7.17. The molecular formula is C12H21N3. The Morgan fingerprint density at radius 1 is 1.33 bits per heavy atom. The Hall–Kier alpha value is -1.09. The van der Waals surface area contributed by atoms with Gasteiger partial charge < -0.3 is 5.73 Å². The lowest BCUT2D eigenvalue weighted by Gasteiger charge is -2.25. The van der Waals surface area contributed by atoms with Crippen LogP contribution in [0.3, 0.4) is 0 Å². The molecule has 2 N–H and O–H groups in total. The van der Waals surface area contributed by atoms with E-state index in [-0.39, 0.29) is 0 Å². The molecule has 0 unspecified atom stereocenters. The van der Waals surface area contributed by atoms with Gasteiger partial charge in [0.1, 0.15) is 0 Å². The second kappa shape index (κ2) is 5.71. The first kappa shape index (κ1) is 12.0. The van der Waals surface area contributed by atoms with Crippen LogP contribution >= 0.6 is 0 Å². The quantitative estimate of drug-likeness (QED) is 0.805. The van der Waals surface area contributed by atoms with E-state index in [1.165, 1.54) is 12.8 Å². The largest absolute Gasteiger partial charge is 0.397 e. The normalized spacial score (nSPS) is 11.3. The lowest BCUT2D eigenvalue weighted by atomic mass is 10.1. The van der Waals surface area contributed by atoms with Crippen LogP contribution in [0, 0.1) is 0 Å². The van der Waals surface area contributed by atoms with Gasteiger partial charge in [-0.05, 0) is 32.0 Å². The van der Waals surface area contributed by atoms with Gasteiger partial charge in [0.2, 0.25) is 0 Å². The van der Waals surface area contributed by atoms with Crippen molar-refractivity contribution in [3.05, 3.63) is 24.0 Å². The fraction of sp³-hybridized carbons (Fsp3) is 0.583. The van der Waals surface area contributed by atoms with Gasteiger partial charge in [0.05, 0.1) is 17.6 Å². The minimum Gasteiger partial charge on any atom is -0.397 e. The van der Waals surface area contributed by atoms with Gasteiger partial charge in [-0.2, -0.15) is 0 Å². The van der Waals surface area contributed by atoms with E-state index in [2.05, 4.69) is 30.8 Å². The van der Waals surface area contributed by atoms with E-state index < -0.39 is 0 Å². The van der Waals surface area contributed by atoms with E-state index in [1.54, 1.807) is 6.20 Å². The Kier molecular flexibility index (Phi) is 4.56. The fourth-order valence-electron chi connectivity index (χ4n) is 1.83. The average molecular weight is 207 g/mol. The molecule has 1 rings (SSSR count). The molecule has 3 nitrogen and oxygen atoms in total. The highest BCUT2D eigenvalue weighted by molar-refractivity contribution is 5.34. The van der Waals surface area contributed by atoms with Crippen molar-refractivity contribution in [3.63, 3.8) is 0 Å². The zero-order chi connectivity index (χ0) is 11.3. The van der Waals surface area contributed by atoms with Crippen LogP contribution < -0.4 is 5.73 Å². The number of hydrogen-bond acceptors (Lipinski definition) is 3. The second-order valence-corrected chi connectivity index (χ2v) is 3.97. The van der Waals surface area contributed by atoms with Gasteiger partial charge in [-0.1, -0.05) is 13.8 Å². The highest BCUT2D eigenvalue weighted by Crippen LogP contribution is 2.10. The van der Waals surface area contributed by atoms with Gasteiger partial charge in [-0.15, -0.1) is 0 Å². The molecule has 0 amide bonds. The summed E-state index contributed by atoms with van der Waals surface area (Å²) in [5, 5.41) is 0. The molecule has 0 spiro atoms. The highest BCUT2D eigenvalue weighted by atomic mass is 15.1. The van der Waals surface area contributed by atoms with E-state index in [1.807, 2.05) is 12.1 Å². The van der Waals surface area contributed by atoms with Crippen molar-refractivity contribution in [3.8, 4) is 0 Å². The number of nitrogens with two attached hydrogens (primary N) is 1. The minimum absolute atomic E-state index is 0.643. The van der Waals surface area contributed by atoms with E-state index in [9.17, 15) is 0 Å². The van der Waals surface area contributed by atoms with Crippen LogP contribution in [0.2, 0.25) is 0 Å². The van der Waals surface area contributed by atoms with Gasteiger partial charge >= 0.3 is 0 Å². The molecule has 1 aromatic heterocycles. The van der Waals surface area contributed by atoms with E-state index in [4.69, 9.17) is 5.73 Å². The molecule has 1 aromatic rings. The third kappa shape index (κ3) is 3.51. The predicted molar refractivity (Wildman–Crippen MR) is 64.5 cm³/mol. The number of hydrogen-bond donors (Lipinski definition) is 1. The van der Waals surface area contributed by atoms with Crippen LogP contribution in [-0.4, -0.2) is 23.0 Å². The topological polar surface area (TPSA) is 42.1 Å². The fourth-order valence-corrected chi connectivity index (χ4v) is 1.83. The molecule has 0 aromatic carbocycles. The van der Waals surface area contributed by atoms with Crippen LogP contribution in [0.1, 0.15) is 32.4 Å². The zero-order valence-electron chi connectivity index (χ0n) is 9.90. The summed E-state index contributed by atoms with van der Waals surface area (Å²) in [7, 11) is 2.15. The van der Waals surface area contributed by atoms with E-state index >= 15 is 0 Å². The summed E-state index contributed by atoms with van der Waals surface area (Å²) in [6, 6.07) is 4.54. The van der Waals surface area contributed by atoms with E-state index in [0.717, 1.165) is 17.9 Å². The van der Waals surface area contributed by atoms with Gasteiger partial charge in [0, 0.05) is 12.6 Å². The van der Waals surface area contributed by atoms with Gasteiger partial charge in [-0.25, -0.2) is 0 Å². The molecule has 0 fully saturated rings. The number of rotatable bonds is 5. The van der Waals surface area contributed by atoms with Crippen molar-refractivity contribution in [2.24, 2.45) is 0 Å². The lowest BCUT2D eigenvalue weighted by Crippen LogP contribution is -2.30. The first-order valence-corrected chi connectivity index (χ1v) is 5.58. The van der Waals surface area contributed by atoms with Gasteiger partial charge in [0.25, 0.3) is 0 Å². The monoisotopic (exact) mass is 207 g/mol. The summed E-state index contributed by atoms with van der Waals surface area (Å²) in [6.07, 6.45) is 4.08. The molecule has 0 saturated heterocycles. The Morgan fingerprint density at radius 2 is 2.00 bits per heavy atom. The standard InChI is InChI=1S/C12H21N3/c1-4-12(5-2)15(3)9-11-7-6-10(13)8-14-11/h6-8,12H,4-5,9,13H2,1-3H3. The Labute approximate surface area is 92.3 Å². The smallest absolute Gasteiger partial charge is 0.0545 e. The Bertz CT molecular complexity index is 277. The van der Waals surface area contributed by atoms with Crippen molar-refractivity contribution in [1.82, 2.24) is 9.88 Å². The molecule has 84 valence electrons. The predicted octanol–water partition coefficient (Wildman–Crippen LogP) is 2.28. The molecule has 1 heterocycles. The maximum Gasteiger partial charge on any atom is 0.0545 e. The molecule has 0 aliphatic carbocycles. The molecule has 3 heteroatoms. The van der Waals surface area contributed by atoms with Crippen LogP contribution in [0.15, 0.2) is 18.3 Å². The highest BCUT2D eigenvalue weighted by Gasteiger charge is 2.10. The van der Waals surface area contributed by atoms with Crippen LogP contribution in [0.5, 0.6) is 0 Å². The van der Waals surface area contributed by atoms with Crippen LogP contribution in [0.4, 0.5) is 5.69 Å². The molecule has 15 heavy (non-hydrogen) atoms. The summed E-state index contributed by atoms with van der Waals surface area (Å²) in [6.45, 7) is 5.34. The molecule has 0 aliphatic rings. The number of nitrogens with zero attached hydrogens (tertiary/aromatic N) is 2. The summed E-state index contributed by atoms with van der Waals surface area (Å²) in [5.74, 6) is 0. The summed E-state index contributed by atoms with van der Waals surface area (Å²) in [5.41, 5.74) is 7.40. The number of aromatic nitrogens is 1. The average Bonchev–Trinajstić information content (AvgIpc) is 2.23. The van der Waals surface area contributed by atoms with Crippen molar-refractivity contribution < 1.29 is 0 Å². The van der Waals surface area contributed by atoms with Crippen LogP contribution in [-0.2, 0) is 6.54 Å². The van der Waals surface area contributed by atoms with Gasteiger partial charge in [0.15, 0.2) is 0 Å². The van der Waals surface area contributed by atoms with E-state index in [0.29, 0.717) is 6.04 Å². The van der Waals surface area contributed by atoms with Crippen LogP contribution in [0.25, 0.3) is 0 Å². The molecule has 0 saturated carbocycles. The molecule has 0 radical (unpaired) electrons. The minimum atomic E-state index is 0.643. The third-order valence-corrected chi connectivity index (χ3v) is 2.82. The Morgan fingerprint density at radius 3 is 2.47 bits per heavy atom.